The Balaban J connectivity index is 2.16. The highest BCUT2D eigenvalue weighted by Gasteiger charge is 2.26. The largest absolute Gasteiger partial charge is 0.494 e. The van der Waals surface area contributed by atoms with Crippen LogP contribution in [0.4, 0.5) is 13.2 Å². The molecule has 0 fully saturated rings. The zero-order chi connectivity index (χ0) is 14.9. The van der Waals surface area contributed by atoms with Gasteiger partial charge in [-0.05, 0) is 31.4 Å². The number of halogens is 5. The third-order valence-corrected chi connectivity index (χ3v) is 3.56. The number of hydrogen-bond acceptors (Lipinski definition) is 1. The van der Waals surface area contributed by atoms with Crippen LogP contribution >= 0.6 is 23.2 Å². The molecule has 0 atom stereocenters. The second-order valence-electron chi connectivity index (χ2n) is 4.58. The highest BCUT2D eigenvalue weighted by Crippen LogP contribution is 2.35. The predicted octanol–water partition coefficient (Wildman–Crippen LogP) is 5.46. The molecule has 2 nitrogen and oxygen atoms in total. The molecule has 0 saturated carbocycles. The average Bonchev–Trinajstić information content (AvgIpc) is 2.61. The fourth-order valence-electron chi connectivity index (χ4n) is 2.14. The molecular formula is C13H12Cl2F3NO. The van der Waals surface area contributed by atoms with Gasteiger partial charge in [0.25, 0.3) is 0 Å². The maximum atomic E-state index is 12.1. The smallest absolute Gasteiger partial charge is 0.389 e. The van der Waals surface area contributed by atoms with Crippen LogP contribution in [0.1, 0.15) is 24.8 Å². The molecule has 0 saturated heterocycles. The molecule has 2 rings (SSSR count). The summed E-state index contributed by atoms with van der Waals surface area (Å²) in [5, 5.41) is 11.3. The molecule has 0 radical (unpaired) electrons. The molecule has 20 heavy (non-hydrogen) atoms. The van der Waals surface area contributed by atoms with E-state index in [1.165, 1.54) is 6.07 Å². The Kier molecular flexibility index (Phi) is 4.39. The first-order valence-corrected chi connectivity index (χ1v) is 6.79. The van der Waals surface area contributed by atoms with Gasteiger partial charge in [-0.3, -0.25) is 0 Å². The normalized spacial score (nSPS) is 12.2. The minimum absolute atomic E-state index is 0.0178. The van der Waals surface area contributed by atoms with Gasteiger partial charge >= 0.3 is 6.18 Å². The van der Waals surface area contributed by atoms with Crippen molar-refractivity contribution in [2.45, 2.75) is 31.9 Å². The Hall–Kier alpha value is -1.07. The first-order valence-electron chi connectivity index (χ1n) is 6.03. The molecule has 2 aromatic rings. The number of H-pyrrole nitrogens is 1. The second kappa shape index (κ2) is 5.74. The molecule has 0 aliphatic heterocycles. The van der Waals surface area contributed by atoms with Gasteiger partial charge in [0.05, 0.1) is 10.5 Å². The third-order valence-electron chi connectivity index (χ3n) is 3.05. The maximum Gasteiger partial charge on any atom is 0.389 e. The summed E-state index contributed by atoms with van der Waals surface area (Å²) < 4.78 is 36.2. The van der Waals surface area contributed by atoms with Crippen LogP contribution in [0.25, 0.3) is 10.9 Å². The molecule has 1 aromatic heterocycles. The van der Waals surface area contributed by atoms with Gasteiger partial charge in [0, 0.05) is 22.4 Å². The van der Waals surface area contributed by atoms with E-state index < -0.39 is 12.6 Å². The number of unbranched alkanes of at least 4 members (excludes halogenated alkanes) is 1. The number of nitrogens with one attached hydrogen (secondary N) is 1. The van der Waals surface area contributed by atoms with Gasteiger partial charge in [0.1, 0.15) is 0 Å². The van der Waals surface area contributed by atoms with Gasteiger partial charge in [-0.1, -0.05) is 23.2 Å². The summed E-state index contributed by atoms with van der Waals surface area (Å²) in [6.45, 7) is 0. The lowest BCUT2D eigenvalue weighted by atomic mass is 10.1. The SMILES string of the molecule is Oc1[nH]c2c(Cl)cc(Cl)cc2c1CCCCC(F)(F)F. The van der Waals surface area contributed by atoms with E-state index in [0.29, 0.717) is 39.4 Å². The van der Waals surface area contributed by atoms with Gasteiger partial charge in [0.2, 0.25) is 0 Å². The molecule has 0 unspecified atom stereocenters. The van der Waals surface area contributed by atoms with Crippen LogP contribution in [0.15, 0.2) is 12.1 Å². The highest BCUT2D eigenvalue weighted by molar-refractivity contribution is 6.38. The Morgan fingerprint density at radius 3 is 2.50 bits per heavy atom. The van der Waals surface area contributed by atoms with E-state index in [9.17, 15) is 18.3 Å². The monoisotopic (exact) mass is 325 g/mol. The first kappa shape index (κ1) is 15.3. The van der Waals surface area contributed by atoms with E-state index in [2.05, 4.69) is 4.98 Å². The summed E-state index contributed by atoms with van der Waals surface area (Å²) in [6, 6.07) is 3.17. The van der Waals surface area contributed by atoms with Crippen molar-refractivity contribution in [3.05, 3.63) is 27.7 Å². The van der Waals surface area contributed by atoms with E-state index >= 15 is 0 Å². The van der Waals surface area contributed by atoms with Crippen LogP contribution in [0.5, 0.6) is 5.88 Å². The van der Waals surface area contributed by atoms with Crippen LogP contribution in [-0.4, -0.2) is 16.3 Å². The fraction of sp³-hybridized carbons (Fsp3) is 0.385. The lowest BCUT2D eigenvalue weighted by Crippen LogP contribution is -2.06. The molecule has 110 valence electrons. The first-order chi connectivity index (χ1) is 9.28. The van der Waals surface area contributed by atoms with Crippen molar-refractivity contribution in [1.29, 1.82) is 0 Å². The van der Waals surface area contributed by atoms with Crippen LogP contribution in [-0.2, 0) is 6.42 Å². The van der Waals surface area contributed by atoms with Gasteiger partial charge < -0.3 is 10.1 Å². The van der Waals surface area contributed by atoms with Gasteiger partial charge in [-0.15, -0.1) is 0 Å². The number of aromatic hydroxyl groups is 1. The summed E-state index contributed by atoms with van der Waals surface area (Å²) in [7, 11) is 0. The van der Waals surface area contributed by atoms with Gasteiger partial charge in [0.15, 0.2) is 5.88 Å². The van der Waals surface area contributed by atoms with Crippen LogP contribution in [0.2, 0.25) is 10.0 Å². The standard InChI is InChI=1S/C13H12Cl2F3NO/c14-7-5-9-8(3-1-2-4-13(16,17)18)12(20)19-11(9)10(15)6-7/h5-6,19-20H,1-4H2. The Morgan fingerprint density at radius 2 is 1.85 bits per heavy atom. The van der Waals surface area contributed by atoms with Crippen molar-refractivity contribution in [3.8, 4) is 5.88 Å². The van der Waals surface area contributed by atoms with E-state index in [0.717, 1.165) is 0 Å². The Morgan fingerprint density at radius 1 is 1.15 bits per heavy atom. The molecular weight excluding hydrogens is 314 g/mol. The number of aromatic nitrogens is 1. The van der Waals surface area contributed by atoms with E-state index in [-0.39, 0.29) is 12.3 Å². The predicted molar refractivity (Wildman–Crippen MR) is 73.6 cm³/mol. The maximum absolute atomic E-state index is 12.1. The molecule has 1 heterocycles. The van der Waals surface area contributed by atoms with E-state index in [4.69, 9.17) is 23.2 Å². The van der Waals surface area contributed by atoms with E-state index in [1.54, 1.807) is 6.07 Å². The van der Waals surface area contributed by atoms with Crippen molar-refractivity contribution in [3.63, 3.8) is 0 Å². The number of hydrogen-bond donors (Lipinski definition) is 2. The fourth-order valence-corrected chi connectivity index (χ4v) is 2.68. The van der Waals surface area contributed by atoms with Crippen molar-refractivity contribution in [2.24, 2.45) is 0 Å². The summed E-state index contributed by atoms with van der Waals surface area (Å²) in [4.78, 5) is 2.72. The summed E-state index contributed by atoms with van der Waals surface area (Å²) in [6.07, 6.45) is -4.29. The molecule has 7 heteroatoms. The summed E-state index contributed by atoms with van der Waals surface area (Å²) in [5.41, 5.74) is 1.09. The number of benzene rings is 1. The number of fused-ring (bicyclic) bond motifs is 1. The van der Waals surface area contributed by atoms with Gasteiger partial charge in [-0.2, -0.15) is 13.2 Å². The van der Waals surface area contributed by atoms with Crippen LogP contribution in [0, 0.1) is 0 Å². The van der Waals surface area contributed by atoms with Gasteiger partial charge in [-0.25, -0.2) is 0 Å². The lowest BCUT2D eigenvalue weighted by molar-refractivity contribution is -0.135. The molecule has 0 aliphatic carbocycles. The number of alkyl halides is 3. The van der Waals surface area contributed by atoms with E-state index in [1.807, 2.05) is 0 Å². The Bertz CT molecular complexity index is 622. The molecule has 1 aromatic carbocycles. The minimum Gasteiger partial charge on any atom is -0.494 e. The summed E-state index contributed by atoms with van der Waals surface area (Å²) in [5.74, 6) is -0.0730. The number of aryl methyl sites for hydroxylation is 1. The molecule has 2 N–H and O–H groups in total. The second-order valence-corrected chi connectivity index (χ2v) is 5.43. The zero-order valence-electron chi connectivity index (χ0n) is 10.3. The molecule has 0 amide bonds. The van der Waals surface area contributed by atoms with Crippen molar-refractivity contribution < 1.29 is 18.3 Å². The van der Waals surface area contributed by atoms with Crippen LogP contribution in [0.3, 0.4) is 0 Å². The number of rotatable bonds is 4. The lowest BCUT2D eigenvalue weighted by Gasteiger charge is -2.05. The molecule has 0 aliphatic rings. The average molecular weight is 326 g/mol. The molecule has 0 bridgehead atoms. The van der Waals surface area contributed by atoms with Crippen LogP contribution < -0.4 is 0 Å². The number of aromatic amines is 1. The van der Waals surface area contributed by atoms with Crippen molar-refractivity contribution >= 4 is 34.1 Å². The van der Waals surface area contributed by atoms with Crippen molar-refractivity contribution in [2.75, 3.05) is 0 Å². The summed E-state index contributed by atoms with van der Waals surface area (Å²) >= 11 is 11.9. The zero-order valence-corrected chi connectivity index (χ0v) is 11.8. The third kappa shape index (κ3) is 3.52. The Labute approximate surface area is 123 Å². The highest BCUT2D eigenvalue weighted by atomic mass is 35.5. The minimum atomic E-state index is -4.14. The quantitative estimate of drug-likeness (QED) is 0.720. The topological polar surface area (TPSA) is 36.0 Å². The van der Waals surface area contributed by atoms with Crippen molar-refractivity contribution in [1.82, 2.24) is 4.98 Å². The molecule has 0 spiro atoms.